The lowest BCUT2D eigenvalue weighted by Gasteiger charge is -2.42. The van der Waals surface area contributed by atoms with Crippen molar-refractivity contribution in [2.75, 3.05) is 25.4 Å². The van der Waals surface area contributed by atoms with Crippen LogP contribution in [-0.2, 0) is 0 Å². The van der Waals surface area contributed by atoms with Gasteiger partial charge in [-0.15, -0.1) is 0 Å². The minimum atomic E-state index is -0.0531. The van der Waals surface area contributed by atoms with E-state index in [4.69, 9.17) is 0 Å². The molecule has 0 fully saturated rings. The lowest BCUT2D eigenvalue weighted by atomic mass is 10.2. The van der Waals surface area contributed by atoms with Gasteiger partial charge in [0.1, 0.15) is 0 Å². The summed E-state index contributed by atoms with van der Waals surface area (Å²) in [5, 5.41) is 1.58. The molecule has 0 atom stereocenters. The first-order valence-electron chi connectivity index (χ1n) is 10.5. The minimum absolute atomic E-state index is 0.0531. The van der Waals surface area contributed by atoms with Crippen molar-refractivity contribution in [2.45, 2.75) is 104 Å². The van der Waals surface area contributed by atoms with Gasteiger partial charge in [-0.1, -0.05) is 98.9 Å². The van der Waals surface area contributed by atoms with E-state index >= 15 is 0 Å². The van der Waals surface area contributed by atoms with Crippen molar-refractivity contribution in [3.05, 3.63) is 19.1 Å². The summed E-state index contributed by atoms with van der Waals surface area (Å²) in [5.41, 5.74) is 0. The van der Waals surface area contributed by atoms with Crippen LogP contribution in [0.3, 0.4) is 0 Å². The largest absolute Gasteiger partial charge is 0.346 e. The highest BCUT2D eigenvalue weighted by Crippen LogP contribution is 2.60. The van der Waals surface area contributed by atoms with Gasteiger partial charge >= 0.3 is 0 Å². The summed E-state index contributed by atoms with van der Waals surface area (Å²) in [7, 11) is -0.106. The average molecular weight is 413 g/mol. The molecule has 2 nitrogen and oxygen atoms in total. The molecule has 0 bridgehead atoms. The van der Waals surface area contributed by atoms with Gasteiger partial charge in [-0.05, 0) is 32.9 Å². The molecule has 0 aromatic rings. The predicted octanol–water partition coefficient (Wildman–Crippen LogP) is 7.23. The van der Waals surface area contributed by atoms with E-state index in [9.17, 15) is 0 Å². The third-order valence-corrected chi connectivity index (χ3v) is 12.8. The smallest absolute Gasteiger partial charge is 0.207 e. The van der Waals surface area contributed by atoms with Crippen molar-refractivity contribution in [2.24, 2.45) is 0 Å². The SMILES string of the molecule is CC(C)(C)P(CCN1[C]N(CCP(C(C)(C)C)C(C)(C)C)C=C1)C(C)(C)C. The standard InChI is InChI=1S/C23H46N2P2/c1-20(2,3)26(21(4,5)6)17-15-24-13-14-25(19-24)16-18-27(22(7,8)9)23(10,11)12/h13-14H,15-18H2,1-12H3. The molecule has 158 valence electrons. The van der Waals surface area contributed by atoms with E-state index in [1.54, 1.807) is 0 Å². The Hall–Kier alpha value is 0.200. The van der Waals surface area contributed by atoms with Crippen LogP contribution in [0.2, 0.25) is 0 Å². The number of hydrogen-bond donors (Lipinski definition) is 0. The maximum absolute atomic E-state index is 3.58. The van der Waals surface area contributed by atoms with Crippen LogP contribution >= 0.6 is 15.8 Å². The van der Waals surface area contributed by atoms with Crippen LogP contribution < -0.4 is 0 Å². The second-order valence-corrected chi connectivity index (χ2v) is 19.7. The Bertz CT molecular complexity index is 414. The highest BCUT2D eigenvalue weighted by Gasteiger charge is 2.35. The highest BCUT2D eigenvalue weighted by molar-refractivity contribution is 7.61. The van der Waals surface area contributed by atoms with Crippen LogP contribution in [-0.4, -0.2) is 55.8 Å². The van der Waals surface area contributed by atoms with E-state index in [0.29, 0.717) is 20.6 Å². The average Bonchev–Trinajstić information content (AvgIpc) is 2.80. The number of nitrogens with zero attached hydrogens (tertiary/aromatic N) is 2. The monoisotopic (exact) mass is 412 g/mol. The third-order valence-electron chi connectivity index (χ3n) is 5.05. The highest BCUT2D eigenvalue weighted by atomic mass is 31.1. The Morgan fingerprint density at radius 1 is 0.556 bits per heavy atom. The van der Waals surface area contributed by atoms with Crippen LogP contribution in [0.4, 0.5) is 0 Å². The molecule has 0 aromatic carbocycles. The number of hydrogen-bond acceptors (Lipinski definition) is 2. The van der Waals surface area contributed by atoms with Gasteiger partial charge in [-0.25, -0.2) is 0 Å². The fourth-order valence-corrected chi connectivity index (χ4v) is 12.0. The van der Waals surface area contributed by atoms with Crippen molar-refractivity contribution < 1.29 is 0 Å². The quantitative estimate of drug-likeness (QED) is 0.425. The van der Waals surface area contributed by atoms with Gasteiger partial charge in [0.05, 0.1) is 0 Å². The van der Waals surface area contributed by atoms with E-state index in [1.165, 1.54) is 12.3 Å². The van der Waals surface area contributed by atoms with Crippen molar-refractivity contribution in [1.82, 2.24) is 9.80 Å². The fraction of sp³-hybridized carbons (Fsp3) is 0.870. The molecule has 27 heavy (non-hydrogen) atoms. The van der Waals surface area contributed by atoms with E-state index < -0.39 is 0 Å². The summed E-state index contributed by atoms with van der Waals surface area (Å²) < 4.78 is 0. The van der Waals surface area contributed by atoms with Crippen LogP contribution in [0.25, 0.3) is 0 Å². The summed E-state index contributed by atoms with van der Waals surface area (Å²) in [5.74, 6) is 0. The van der Waals surface area contributed by atoms with Gasteiger partial charge < -0.3 is 9.80 Å². The van der Waals surface area contributed by atoms with Crippen LogP contribution in [0.1, 0.15) is 83.1 Å². The number of rotatable bonds is 6. The van der Waals surface area contributed by atoms with E-state index in [1.807, 2.05) is 0 Å². The molecular formula is C23H46N2P2. The van der Waals surface area contributed by atoms with Gasteiger partial charge in [0.15, 0.2) is 0 Å². The van der Waals surface area contributed by atoms with Crippen LogP contribution in [0.5, 0.6) is 0 Å². The summed E-state index contributed by atoms with van der Waals surface area (Å²) in [6.07, 6.45) is 6.97. The van der Waals surface area contributed by atoms with Gasteiger partial charge in [-0.3, -0.25) is 0 Å². The molecule has 0 unspecified atom stereocenters. The minimum Gasteiger partial charge on any atom is -0.346 e. The molecule has 0 saturated carbocycles. The fourth-order valence-electron chi connectivity index (χ4n) is 4.41. The molecule has 0 amide bonds. The van der Waals surface area contributed by atoms with Gasteiger partial charge in [0.25, 0.3) is 0 Å². The molecule has 1 aliphatic heterocycles. The van der Waals surface area contributed by atoms with Gasteiger partial charge in [0.2, 0.25) is 6.67 Å². The molecule has 0 N–H and O–H groups in total. The Morgan fingerprint density at radius 3 is 1.04 bits per heavy atom. The predicted molar refractivity (Wildman–Crippen MR) is 128 cm³/mol. The van der Waals surface area contributed by atoms with Gasteiger partial charge in [0, 0.05) is 25.5 Å². The maximum Gasteiger partial charge on any atom is 0.207 e. The first kappa shape index (κ1) is 25.2. The second kappa shape index (κ2) is 8.92. The Balaban J connectivity index is 2.56. The van der Waals surface area contributed by atoms with E-state index in [2.05, 4.69) is 112 Å². The third kappa shape index (κ3) is 8.22. The second-order valence-electron chi connectivity index (χ2n) is 11.8. The molecule has 1 heterocycles. The molecule has 0 saturated heterocycles. The first-order valence-corrected chi connectivity index (χ1v) is 13.5. The summed E-state index contributed by atoms with van der Waals surface area (Å²) in [6.45, 7) is 34.6. The molecular weight excluding hydrogens is 366 g/mol. The van der Waals surface area contributed by atoms with Crippen molar-refractivity contribution >= 4 is 15.8 Å². The van der Waals surface area contributed by atoms with Crippen LogP contribution in [0.15, 0.2) is 12.4 Å². The molecule has 0 aromatic heterocycles. The molecule has 0 aliphatic carbocycles. The topological polar surface area (TPSA) is 6.48 Å². The molecule has 1 aliphatic rings. The Labute approximate surface area is 174 Å². The molecule has 2 radical (unpaired) electrons. The van der Waals surface area contributed by atoms with E-state index in [0.717, 1.165) is 13.1 Å². The van der Waals surface area contributed by atoms with Crippen molar-refractivity contribution in [3.63, 3.8) is 0 Å². The zero-order chi connectivity index (χ0) is 21.3. The normalized spacial score (nSPS) is 17.0. The van der Waals surface area contributed by atoms with E-state index in [-0.39, 0.29) is 15.8 Å². The molecule has 0 spiro atoms. The summed E-state index contributed by atoms with van der Waals surface area (Å²) in [6, 6.07) is 0. The lowest BCUT2D eigenvalue weighted by Crippen LogP contribution is -2.32. The Kier molecular flexibility index (Phi) is 8.33. The molecule has 1 rings (SSSR count). The van der Waals surface area contributed by atoms with Gasteiger partial charge in [-0.2, -0.15) is 0 Å². The lowest BCUT2D eigenvalue weighted by molar-refractivity contribution is 0.366. The summed E-state index contributed by atoms with van der Waals surface area (Å²) in [4.78, 5) is 4.56. The van der Waals surface area contributed by atoms with Crippen molar-refractivity contribution in [1.29, 1.82) is 0 Å². The summed E-state index contributed by atoms with van der Waals surface area (Å²) >= 11 is 0. The Morgan fingerprint density at radius 2 is 0.815 bits per heavy atom. The first-order chi connectivity index (χ1) is 11.9. The zero-order valence-electron chi connectivity index (χ0n) is 20.3. The van der Waals surface area contributed by atoms with Crippen LogP contribution in [0, 0.1) is 6.67 Å². The van der Waals surface area contributed by atoms with Crippen molar-refractivity contribution in [3.8, 4) is 0 Å². The maximum atomic E-state index is 3.58. The zero-order valence-corrected chi connectivity index (χ0v) is 22.1. The molecule has 4 heteroatoms.